The zero-order valence-electron chi connectivity index (χ0n) is 10.1. The minimum absolute atomic E-state index is 0. The van der Waals surface area contributed by atoms with E-state index in [0.29, 0.717) is 27.4 Å². The zero-order chi connectivity index (χ0) is 13.8. The summed E-state index contributed by atoms with van der Waals surface area (Å²) in [5, 5.41) is 2.35. The van der Waals surface area contributed by atoms with Crippen LogP contribution in [0, 0.1) is 0 Å². The number of ketones is 1. The first-order valence-electron chi connectivity index (χ1n) is 5.37. The molecule has 0 unspecified atom stereocenters. The number of carbonyl (C=O) groups excluding carboxylic acids is 1. The Morgan fingerprint density at radius 1 is 1.35 bits per heavy atom. The standard InChI is InChI=1S/C12H10F2N2OS2.BrH/c13-11(14)19-9-3-1-8(2-4-9)10(17)7-16-5-6-18-12(16)15;/h1-6,11,15H,7H2;1H. The number of aromatic nitrogens is 1. The molecule has 0 saturated heterocycles. The Kier molecular flexibility index (Phi) is 6.57. The van der Waals surface area contributed by atoms with Crippen molar-refractivity contribution in [2.45, 2.75) is 17.2 Å². The smallest absolute Gasteiger partial charge is 0.332 e. The number of Topliss-reactive ketones (excluding diaryl/α,β-unsaturated/α-hetero) is 1. The van der Waals surface area contributed by atoms with Crippen molar-refractivity contribution in [3.8, 4) is 0 Å². The fourth-order valence-electron chi connectivity index (χ4n) is 1.51. The molecule has 1 heterocycles. The van der Waals surface area contributed by atoms with Crippen LogP contribution in [0.3, 0.4) is 0 Å². The molecular weight excluding hydrogens is 370 g/mol. The molecule has 108 valence electrons. The van der Waals surface area contributed by atoms with Gasteiger partial charge < -0.3 is 17.0 Å². The van der Waals surface area contributed by atoms with Gasteiger partial charge in [0.15, 0.2) is 6.54 Å². The molecule has 0 amide bonds. The largest absolute Gasteiger partial charge is 1.00 e. The van der Waals surface area contributed by atoms with Gasteiger partial charge in [-0.05, 0) is 12.1 Å². The van der Waals surface area contributed by atoms with Crippen LogP contribution in [0.2, 0.25) is 0 Å². The molecule has 0 aliphatic rings. The molecule has 1 aromatic heterocycles. The number of carbonyl (C=O) groups is 1. The molecule has 0 aliphatic carbocycles. The average Bonchev–Trinajstić information content (AvgIpc) is 2.75. The molecule has 0 fully saturated rings. The molecule has 0 spiro atoms. The molecule has 2 N–H and O–H groups in total. The Hall–Kier alpha value is -0.990. The lowest BCUT2D eigenvalue weighted by atomic mass is 10.1. The maximum atomic E-state index is 12.2. The number of hydrogen-bond donors (Lipinski definition) is 1. The first-order chi connectivity index (χ1) is 9.06. The zero-order valence-corrected chi connectivity index (χ0v) is 13.4. The Balaban J connectivity index is 0.00000200. The summed E-state index contributed by atoms with van der Waals surface area (Å²) in [6.07, 6.45) is 1.74. The van der Waals surface area contributed by atoms with Crippen LogP contribution in [0.4, 0.5) is 13.9 Å². The predicted molar refractivity (Wildman–Crippen MR) is 71.6 cm³/mol. The number of nitrogen functional groups attached to an aromatic ring is 1. The van der Waals surface area contributed by atoms with Crippen LogP contribution in [-0.4, -0.2) is 11.5 Å². The lowest BCUT2D eigenvalue weighted by Gasteiger charge is -2.02. The third-order valence-corrected chi connectivity index (χ3v) is 3.88. The van der Waals surface area contributed by atoms with Gasteiger partial charge in [0.1, 0.15) is 6.20 Å². The van der Waals surface area contributed by atoms with E-state index >= 15 is 0 Å². The van der Waals surface area contributed by atoms with Gasteiger partial charge in [0.25, 0.3) is 5.76 Å². The average molecular weight is 381 g/mol. The van der Waals surface area contributed by atoms with Gasteiger partial charge in [0.05, 0.1) is 0 Å². The lowest BCUT2D eigenvalue weighted by molar-refractivity contribution is -0.664. The highest BCUT2D eigenvalue weighted by atomic mass is 79.9. The number of nitrogens with two attached hydrogens (primary N) is 1. The van der Waals surface area contributed by atoms with Crippen molar-refractivity contribution in [1.82, 2.24) is 0 Å². The Morgan fingerprint density at radius 2 is 2.00 bits per heavy atom. The van der Waals surface area contributed by atoms with Gasteiger partial charge in [0.2, 0.25) is 5.78 Å². The quantitative estimate of drug-likeness (QED) is 0.444. The maximum absolute atomic E-state index is 12.2. The van der Waals surface area contributed by atoms with Gasteiger partial charge in [-0.1, -0.05) is 35.2 Å². The van der Waals surface area contributed by atoms with Crippen LogP contribution in [0.15, 0.2) is 40.7 Å². The third kappa shape index (κ3) is 4.53. The van der Waals surface area contributed by atoms with E-state index in [1.54, 1.807) is 28.3 Å². The van der Waals surface area contributed by atoms with Crippen molar-refractivity contribution in [2.75, 3.05) is 5.73 Å². The number of thioether (sulfide) groups is 1. The fourth-order valence-corrected chi connectivity index (χ4v) is 2.62. The summed E-state index contributed by atoms with van der Waals surface area (Å²) >= 11 is 1.81. The summed E-state index contributed by atoms with van der Waals surface area (Å²) in [5.74, 6) is -2.56. The Labute approximate surface area is 133 Å². The van der Waals surface area contributed by atoms with Crippen LogP contribution in [0.5, 0.6) is 0 Å². The summed E-state index contributed by atoms with van der Waals surface area (Å²) in [7, 11) is 0. The number of benzene rings is 1. The summed E-state index contributed by atoms with van der Waals surface area (Å²) in [6, 6.07) is 6.14. The highest BCUT2D eigenvalue weighted by molar-refractivity contribution is 7.99. The maximum Gasteiger partial charge on any atom is 0.332 e. The van der Waals surface area contributed by atoms with Crippen molar-refractivity contribution in [2.24, 2.45) is 0 Å². The molecule has 0 saturated carbocycles. The van der Waals surface area contributed by atoms with Crippen LogP contribution in [-0.2, 0) is 6.54 Å². The number of rotatable bonds is 5. The number of alkyl halides is 2. The molecule has 0 bridgehead atoms. The fraction of sp³-hybridized carbons (Fsp3) is 0.167. The monoisotopic (exact) mass is 380 g/mol. The highest BCUT2D eigenvalue weighted by Gasteiger charge is 2.13. The third-order valence-electron chi connectivity index (χ3n) is 2.43. The van der Waals surface area contributed by atoms with E-state index in [-0.39, 0.29) is 29.3 Å². The van der Waals surface area contributed by atoms with Crippen LogP contribution in [0.25, 0.3) is 0 Å². The first kappa shape index (κ1) is 17.1. The number of hydrogen-bond acceptors (Lipinski definition) is 4. The summed E-state index contributed by atoms with van der Waals surface area (Å²) < 4.78 is 26.0. The number of nitrogens with zero attached hydrogens (tertiary/aromatic N) is 1. The molecule has 0 radical (unpaired) electrons. The van der Waals surface area contributed by atoms with Gasteiger partial charge in [-0.15, -0.1) is 0 Å². The van der Waals surface area contributed by atoms with E-state index in [2.05, 4.69) is 0 Å². The van der Waals surface area contributed by atoms with Crippen LogP contribution < -0.4 is 27.3 Å². The molecule has 8 heteroatoms. The number of thiazole rings is 1. The normalized spacial score (nSPS) is 10.3. The van der Waals surface area contributed by atoms with Crippen molar-refractivity contribution < 1.29 is 35.1 Å². The van der Waals surface area contributed by atoms with Crippen molar-refractivity contribution in [3.05, 3.63) is 41.4 Å². The van der Waals surface area contributed by atoms with E-state index in [4.69, 9.17) is 5.73 Å². The molecule has 3 nitrogen and oxygen atoms in total. The second-order valence-corrected chi connectivity index (χ2v) is 5.68. The second kappa shape index (κ2) is 7.70. The predicted octanol–water partition coefficient (Wildman–Crippen LogP) is -0.181. The molecule has 0 atom stereocenters. The molecule has 1 aromatic carbocycles. The molecular formula is C12H11BrF2N2OS2. The SMILES string of the molecule is Nc1scc[n+]1CC(=O)c1ccc(SC(F)F)cc1.[Br-]. The second-order valence-electron chi connectivity index (χ2n) is 3.70. The van der Waals surface area contributed by atoms with Crippen molar-refractivity contribution in [3.63, 3.8) is 0 Å². The molecule has 2 aromatic rings. The lowest BCUT2D eigenvalue weighted by Crippen LogP contribution is -3.00. The van der Waals surface area contributed by atoms with Gasteiger partial charge in [-0.25, -0.2) is 4.57 Å². The number of halogens is 3. The minimum atomic E-state index is -2.46. The van der Waals surface area contributed by atoms with Gasteiger partial charge in [-0.2, -0.15) is 8.78 Å². The highest BCUT2D eigenvalue weighted by Crippen LogP contribution is 2.25. The van der Waals surface area contributed by atoms with Crippen LogP contribution in [0.1, 0.15) is 10.4 Å². The molecule has 20 heavy (non-hydrogen) atoms. The minimum Gasteiger partial charge on any atom is -1.00 e. The molecule has 0 aliphatic heterocycles. The van der Waals surface area contributed by atoms with Crippen molar-refractivity contribution in [1.29, 1.82) is 0 Å². The van der Waals surface area contributed by atoms with Gasteiger partial charge in [-0.3, -0.25) is 10.5 Å². The van der Waals surface area contributed by atoms with Gasteiger partial charge >= 0.3 is 5.13 Å². The van der Waals surface area contributed by atoms with E-state index in [0.717, 1.165) is 0 Å². The topological polar surface area (TPSA) is 47.0 Å². The Bertz CT molecular complexity index is 575. The van der Waals surface area contributed by atoms with Gasteiger partial charge in [0, 0.05) is 15.8 Å². The Morgan fingerprint density at radius 3 is 2.50 bits per heavy atom. The van der Waals surface area contributed by atoms with E-state index in [1.807, 2.05) is 0 Å². The number of anilines is 1. The van der Waals surface area contributed by atoms with E-state index < -0.39 is 5.76 Å². The first-order valence-corrected chi connectivity index (χ1v) is 7.12. The van der Waals surface area contributed by atoms with E-state index in [1.165, 1.54) is 23.5 Å². The molecule has 2 rings (SSSR count). The summed E-state index contributed by atoms with van der Waals surface area (Å²) in [6.45, 7) is 0.149. The van der Waals surface area contributed by atoms with Crippen LogP contribution >= 0.6 is 23.1 Å². The summed E-state index contributed by atoms with van der Waals surface area (Å²) in [5.41, 5.74) is 6.17. The van der Waals surface area contributed by atoms with Crippen molar-refractivity contribution >= 4 is 34.0 Å². The van der Waals surface area contributed by atoms with E-state index in [9.17, 15) is 13.6 Å². The summed E-state index contributed by atoms with van der Waals surface area (Å²) in [4.78, 5) is 12.4.